The lowest BCUT2D eigenvalue weighted by molar-refractivity contribution is -0.116. The van der Waals surface area contributed by atoms with Gasteiger partial charge in [-0.3, -0.25) is 4.79 Å². The number of amides is 1. The van der Waals surface area contributed by atoms with Gasteiger partial charge >= 0.3 is 0 Å². The van der Waals surface area contributed by atoms with Crippen LogP contribution in [0.4, 0.5) is 5.69 Å². The van der Waals surface area contributed by atoms with Crippen LogP contribution in [0.2, 0.25) is 0 Å². The van der Waals surface area contributed by atoms with E-state index in [4.69, 9.17) is 4.74 Å². The molecule has 0 fully saturated rings. The van der Waals surface area contributed by atoms with Crippen molar-refractivity contribution in [2.24, 2.45) is 0 Å². The van der Waals surface area contributed by atoms with Crippen molar-refractivity contribution >= 4 is 21.6 Å². The smallest absolute Gasteiger partial charge is 0.239 e. The molecule has 0 aliphatic rings. The van der Waals surface area contributed by atoms with E-state index in [1.54, 1.807) is 35.0 Å². The summed E-state index contributed by atoms with van der Waals surface area (Å²) in [5, 5.41) is 7.03. The van der Waals surface area contributed by atoms with E-state index >= 15 is 0 Å². The molecule has 2 aromatic heterocycles. The minimum absolute atomic E-state index is 0.271. The number of anilines is 1. The summed E-state index contributed by atoms with van der Waals surface area (Å²) in [4.78, 5) is 20.3. The Kier molecular flexibility index (Phi) is 6.13. The maximum Gasteiger partial charge on any atom is 0.239 e. The summed E-state index contributed by atoms with van der Waals surface area (Å²) >= 11 is 0. The van der Waals surface area contributed by atoms with Crippen LogP contribution >= 0.6 is 0 Å². The molecule has 0 aliphatic carbocycles. The number of aryl methyl sites for hydroxylation is 2. The highest BCUT2D eigenvalue weighted by Crippen LogP contribution is 2.22. The van der Waals surface area contributed by atoms with E-state index in [1.165, 1.54) is 13.4 Å². The molecule has 0 saturated carbocycles. The molecule has 158 valence electrons. The van der Waals surface area contributed by atoms with Crippen LogP contribution in [0.5, 0.6) is 11.6 Å². The molecule has 1 N–H and O–H groups in total. The van der Waals surface area contributed by atoms with Gasteiger partial charge in [0.1, 0.15) is 12.1 Å². The molecule has 10 nitrogen and oxygen atoms in total. The number of nitrogens with one attached hydrogen (secondary N) is 1. The molecule has 0 unspecified atom stereocenters. The molecule has 11 heteroatoms. The van der Waals surface area contributed by atoms with Gasteiger partial charge in [-0.1, -0.05) is 0 Å². The van der Waals surface area contributed by atoms with Crippen LogP contribution in [0.1, 0.15) is 11.4 Å². The second-order valence-corrected chi connectivity index (χ2v) is 8.84. The van der Waals surface area contributed by atoms with E-state index in [-0.39, 0.29) is 6.54 Å². The summed E-state index contributed by atoms with van der Waals surface area (Å²) in [6, 6.07) is 10.3. The topological polar surface area (TPSA) is 119 Å². The minimum atomic E-state index is -3.42. The molecule has 0 radical (unpaired) electrons. The SMILES string of the molecule is Cc1cc(C)n(-c2cc(Oc3ccc(NC(=O)CN(C)S(C)(=O)=O)cc3)ncn2)n1. The summed E-state index contributed by atoms with van der Waals surface area (Å²) < 4.78 is 31.2. The van der Waals surface area contributed by atoms with E-state index in [0.717, 1.165) is 21.9 Å². The van der Waals surface area contributed by atoms with Crippen LogP contribution < -0.4 is 10.1 Å². The van der Waals surface area contributed by atoms with Crippen LogP contribution in [-0.2, 0) is 14.8 Å². The van der Waals surface area contributed by atoms with E-state index in [1.807, 2.05) is 19.9 Å². The van der Waals surface area contributed by atoms with E-state index in [2.05, 4.69) is 20.4 Å². The predicted molar refractivity (Wildman–Crippen MR) is 111 cm³/mol. The van der Waals surface area contributed by atoms with Crippen molar-refractivity contribution < 1.29 is 17.9 Å². The molecule has 0 atom stereocenters. The summed E-state index contributed by atoms with van der Waals surface area (Å²) in [5.41, 5.74) is 2.34. The Bertz CT molecular complexity index is 1160. The first-order valence-corrected chi connectivity index (χ1v) is 10.8. The average Bonchev–Trinajstić information content (AvgIpc) is 3.01. The van der Waals surface area contributed by atoms with Gasteiger partial charge in [0.15, 0.2) is 5.82 Å². The standard InChI is InChI=1S/C19H22N6O4S/c1-13-9-14(2)25(23-13)17-10-19(21-12-20-17)29-16-7-5-15(6-8-16)22-18(26)11-24(3)30(4,27)28/h5-10,12H,11H2,1-4H3,(H,22,26). The number of nitrogens with zero attached hydrogens (tertiary/aromatic N) is 5. The van der Waals surface area contributed by atoms with Gasteiger partial charge in [-0.05, 0) is 44.2 Å². The van der Waals surface area contributed by atoms with Crippen molar-refractivity contribution in [1.82, 2.24) is 24.1 Å². The van der Waals surface area contributed by atoms with Gasteiger partial charge < -0.3 is 10.1 Å². The van der Waals surface area contributed by atoms with Crippen molar-refractivity contribution in [3.63, 3.8) is 0 Å². The lowest BCUT2D eigenvalue weighted by Crippen LogP contribution is -2.34. The molecule has 3 rings (SSSR count). The molecular formula is C19H22N6O4S. The fraction of sp³-hybridized carbons (Fsp3) is 0.263. The lowest BCUT2D eigenvalue weighted by atomic mass is 10.3. The van der Waals surface area contributed by atoms with Crippen LogP contribution in [0.3, 0.4) is 0 Å². The maximum absolute atomic E-state index is 12.0. The first-order valence-electron chi connectivity index (χ1n) is 8.96. The average molecular weight is 430 g/mol. The third-order valence-electron chi connectivity index (χ3n) is 4.15. The van der Waals surface area contributed by atoms with Crippen LogP contribution in [0.15, 0.2) is 42.7 Å². The number of sulfonamides is 1. The largest absolute Gasteiger partial charge is 0.439 e. The fourth-order valence-electron chi connectivity index (χ4n) is 2.61. The molecule has 2 heterocycles. The first kappa shape index (κ1) is 21.4. The van der Waals surface area contributed by atoms with E-state index in [0.29, 0.717) is 23.1 Å². The summed E-state index contributed by atoms with van der Waals surface area (Å²) in [6.07, 6.45) is 2.44. The van der Waals surface area contributed by atoms with Gasteiger partial charge in [0.25, 0.3) is 0 Å². The number of rotatable bonds is 7. The molecule has 3 aromatic rings. The van der Waals surface area contributed by atoms with Crippen molar-refractivity contribution in [2.75, 3.05) is 25.2 Å². The number of carbonyl (C=O) groups is 1. The Morgan fingerprint density at radius 2 is 1.87 bits per heavy atom. The highest BCUT2D eigenvalue weighted by atomic mass is 32.2. The monoisotopic (exact) mass is 430 g/mol. The molecule has 1 amide bonds. The highest BCUT2D eigenvalue weighted by molar-refractivity contribution is 7.88. The Labute approximate surface area is 174 Å². The maximum atomic E-state index is 12.0. The number of aromatic nitrogens is 4. The number of carbonyl (C=O) groups excluding carboxylic acids is 1. The zero-order valence-corrected chi connectivity index (χ0v) is 17.8. The fourth-order valence-corrected chi connectivity index (χ4v) is 2.96. The molecule has 0 spiro atoms. The summed E-state index contributed by atoms with van der Waals surface area (Å²) in [7, 11) is -2.08. The Morgan fingerprint density at radius 3 is 2.47 bits per heavy atom. The van der Waals surface area contributed by atoms with Gasteiger partial charge in [-0.2, -0.15) is 9.40 Å². The lowest BCUT2D eigenvalue weighted by Gasteiger charge is -2.14. The molecule has 0 saturated heterocycles. The molecular weight excluding hydrogens is 408 g/mol. The summed E-state index contributed by atoms with van der Waals surface area (Å²) in [6.45, 7) is 3.57. The number of benzene rings is 1. The van der Waals surface area contributed by atoms with Crippen molar-refractivity contribution in [3.05, 3.63) is 54.1 Å². The van der Waals surface area contributed by atoms with Crippen molar-refractivity contribution in [3.8, 4) is 17.4 Å². The Hall–Kier alpha value is -3.31. The van der Waals surface area contributed by atoms with E-state index < -0.39 is 15.9 Å². The van der Waals surface area contributed by atoms with Gasteiger partial charge in [0, 0.05) is 24.5 Å². The highest BCUT2D eigenvalue weighted by Gasteiger charge is 2.15. The van der Waals surface area contributed by atoms with Crippen molar-refractivity contribution in [2.45, 2.75) is 13.8 Å². The third kappa shape index (κ3) is 5.39. The normalized spacial score (nSPS) is 11.5. The molecule has 0 bridgehead atoms. The molecule has 0 aliphatic heterocycles. The van der Waals surface area contributed by atoms with Gasteiger partial charge in [0.2, 0.25) is 21.8 Å². The molecule has 30 heavy (non-hydrogen) atoms. The molecule has 1 aromatic carbocycles. The van der Waals surface area contributed by atoms with Gasteiger partial charge in [0.05, 0.1) is 18.5 Å². The van der Waals surface area contributed by atoms with Crippen LogP contribution in [0.25, 0.3) is 5.82 Å². The number of likely N-dealkylation sites (N-methyl/N-ethyl adjacent to an activating group) is 1. The summed E-state index contributed by atoms with van der Waals surface area (Å²) in [5.74, 6) is 1.00. The zero-order valence-electron chi connectivity index (χ0n) is 17.0. The Balaban J connectivity index is 1.65. The quantitative estimate of drug-likeness (QED) is 0.608. The number of hydrogen-bond donors (Lipinski definition) is 1. The Morgan fingerprint density at radius 1 is 1.17 bits per heavy atom. The second kappa shape index (κ2) is 8.59. The minimum Gasteiger partial charge on any atom is -0.439 e. The second-order valence-electron chi connectivity index (χ2n) is 6.75. The number of hydrogen-bond acceptors (Lipinski definition) is 7. The first-order chi connectivity index (χ1) is 14.1. The van der Waals surface area contributed by atoms with Gasteiger partial charge in [-0.25, -0.2) is 23.1 Å². The zero-order chi connectivity index (χ0) is 21.9. The number of ether oxygens (including phenoxy) is 1. The third-order valence-corrected chi connectivity index (χ3v) is 5.41. The van der Waals surface area contributed by atoms with E-state index in [9.17, 15) is 13.2 Å². The van der Waals surface area contributed by atoms with Gasteiger partial charge in [-0.15, -0.1) is 0 Å². The van der Waals surface area contributed by atoms with Crippen LogP contribution in [-0.4, -0.2) is 58.2 Å². The predicted octanol–water partition coefficient (Wildman–Crippen LogP) is 1.90. The van der Waals surface area contributed by atoms with Crippen molar-refractivity contribution in [1.29, 1.82) is 0 Å². The van der Waals surface area contributed by atoms with Crippen LogP contribution in [0, 0.1) is 13.8 Å².